The number of pyridine rings is 1. The van der Waals surface area contributed by atoms with E-state index >= 15 is 0 Å². The molecule has 7 nitrogen and oxygen atoms in total. The molecule has 1 fully saturated rings. The minimum atomic E-state index is -4.80. The fraction of sp³-hybridized carbons (Fsp3) is 0.364. The first kappa shape index (κ1) is 25.8. The highest BCUT2D eigenvalue weighted by Gasteiger charge is 2.39. The number of ether oxygens (including phenoxy) is 1. The van der Waals surface area contributed by atoms with E-state index in [1.807, 2.05) is 6.07 Å². The Morgan fingerprint density at radius 1 is 1.25 bits per heavy atom. The van der Waals surface area contributed by atoms with E-state index in [1.165, 1.54) is 10.8 Å². The zero-order valence-electron chi connectivity index (χ0n) is 18.5. The van der Waals surface area contributed by atoms with Gasteiger partial charge in [0.25, 0.3) is 0 Å². The summed E-state index contributed by atoms with van der Waals surface area (Å²) in [5.41, 5.74) is 0.523. The van der Waals surface area contributed by atoms with E-state index in [0.717, 1.165) is 30.8 Å². The molecule has 1 saturated carbocycles. The molecule has 0 unspecified atom stereocenters. The van der Waals surface area contributed by atoms with Crippen molar-refractivity contribution in [1.82, 2.24) is 14.3 Å². The molecule has 1 aliphatic carbocycles. The SMILES string of the molecule is C[C@@H](NS(=O)(=O)c1ccc(-c2c(C#N)c3cc(F)c(OC(F)F)cc3n2C2CCC2)nc1)C(F)(F)F. The Morgan fingerprint density at radius 3 is 2.44 bits per heavy atom. The molecule has 3 aromatic rings. The summed E-state index contributed by atoms with van der Waals surface area (Å²) in [6.45, 7) is -2.62. The maximum Gasteiger partial charge on any atom is 0.404 e. The first-order valence-corrected chi connectivity index (χ1v) is 12.1. The van der Waals surface area contributed by atoms with Crippen LogP contribution in [0.5, 0.6) is 5.75 Å². The predicted molar refractivity (Wildman–Crippen MR) is 115 cm³/mol. The molecule has 0 aliphatic heterocycles. The number of benzene rings is 1. The molecule has 192 valence electrons. The molecule has 36 heavy (non-hydrogen) atoms. The van der Waals surface area contributed by atoms with Gasteiger partial charge in [-0.1, -0.05) is 0 Å². The van der Waals surface area contributed by atoms with Crippen LogP contribution in [-0.4, -0.2) is 36.8 Å². The summed E-state index contributed by atoms with van der Waals surface area (Å²) in [6.07, 6.45) is -1.75. The highest BCUT2D eigenvalue weighted by molar-refractivity contribution is 7.89. The topological polar surface area (TPSA) is 97.0 Å². The molecule has 1 aromatic carbocycles. The molecule has 14 heteroatoms. The van der Waals surface area contributed by atoms with Gasteiger partial charge in [0.2, 0.25) is 10.0 Å². The van der Waals surface area contributed by atoms with Gasteiger partial charge in [-0.05, 0) is 44.4 Å². The monoisotopic (exact) mass is 532 g/mol. The van der Waals surface area contributed by atoms with Crippen LogP contribution < -0.4 is 9.46 Å². The van der Waals surface area contributed by atoms with Crippen LogP contribution in [0.1, 0.15) is 37.8 Å². The quantitative estimate of drug-likeness (QED) is 0.418. The van der Waals surface area contributed by atoms with Crippen molar-refractivity contribution in [2.45, 2.75) is 56.0 Å². The Morgan fingerprint density at radius 2 is 1.94 bits per heavy atom. The summed E-state index contributed by atoms with van der Waals surface area (Å²) in [7, 11) is -4.57. The van der Waals surface area contributed by atoms with E-state index in [2.05, 4.69) is 9.72 Å². The van der Waals surface area contributed by atoms with Gasteiger partial charge >= 0.3 is 12.8 Å². The summed E-state index contributed by atoms with van der Waals surface area (Å²) in [5.74, 6) is -1.80. The van der Waals surface area contributed by atoms with Gasteiger partial charge in [0.1, 0.15) is 17.0 Å². The number of halogens is 6. The van der Waals surface area contributed by atoms with Crippen LogP contribution in [0.25, 0.3) is 22.3 Å². The molecule has 2 aromatic heterocycles. The summed E-state index contributed by atoms with van der Waals surface area (Å²) in [6, 6.07) is 3.67. The van der Waals surface area contributed by atoms with Crippen molar-refractivity contribution in [3.05, 3.63) is 41.8 Å². The Kier molecular flexibility index (Phi) is 6.65. The first-order valence-electron chi connectivity index (χ1n) is 10.6. The molecule has 0 saturated heterocycles. The van der Waals surface area contributed by atoms with Gasteiger partial charge in [-0.2, -0.15) is 31.9 Å². The maximum atomic E-state index is 14.5. The van der Waals surface area contributed by atoms with E-state index in [9.17, 15) is 40.0 Å². The van der Waals surface area contributed by atoms with Crippen molar-refractivity contribution in [3.8, 4) is 23.2 Å². The Hall–Kier alpha value is -3.31. The number of hydrogen-bond acceptors (Lipinski definition) is 5. The molecule has 4 rings (SSSR count). The molecule has 1 atom stereocenters. The van der Waals surface area contributed by atoms with Crippen LogP contribution in [0.3, 0.4) is 0 Å². The molecule has 0 spiro atoms. The number of hydrogen-bond donors (Lipinski definition) is 1. The Labute approximate surface area is 201 Å². The molecule has 2 heterocycles. The van der Waals surface area contributed by atoms with Gasteiger partial charge < -0.3 is 9.30 Å². The van der Waals surface area contributed by atoms with Crippen LogP contribution in [0.4, 0.5) is 26.3 Å². The van der Waals surface area contributed by atoms with Gasteiger partial charge in [-0.15, -0.1) is 0 Å². The van der Waals surface area contributed by atoms with Crippen molar-refractivity contribution in [2.75, 3.05) is 0 Å². The van der Waals surface area contributed by atoms with Crippen molar-refractivity contribution in [3.63, 3.8) is 0 Å². The lowest BCUT2D eigenvalue weighted by molar-refractivity contribution is -0.147. The lowest BCUT2D eigenvalue weighted by Crippen LogP contribution is -2.42. The van der Waals surface area contributed by atoms with Gasteiger partial charge in [0.15, 0.2) is 11.6 Å². The smallest absolute Gasteiger partial charge is 0.404 e. The average molecular weight is 532 g/mol. The zero-order valence-corrected chi connectivity index (χ0v) is 19.3. The predicted octanol–water partition coefficient (Wildman–Crippen LogP) is 5.27. The Balaban J connectivity index is 1.83. The fourth-order valence-corrected chi connectivity index (χ4v) is 5.11. The third kappa shape index (κ3) is 4.72. The first-order chi connectivity index (χ1) is 16.8. The number of nitrogens with zero attached hydrogens (tertiary/aromatic N) is 3. The van der Waals surface area contributed by atoms with E-state index in [0.29, 0.717) is 19.8 Å². The minimum absolute atomic E-state index is 0.0219. The minimum Gasteiger partial charge on any atom is -0.432 e. The van der Waals surface area contributed by atoms with E-state index in [1.54, 1.807) is 4.57 Å². The third-order valence-corrected chi connectivity index (χ3v) is 7.46. The molecule has 1 N–H and O–H groups in total. The van der Waals surface area contributed by atoms with Gasteiger partial charge in [-0.3, -0.25) is 4.98 Å². The number of rotatable bonds is 7. The zero-order chi connectivity index (χ0) is 26.4. The van der Waals surface area contributed by atoms with Crippen LogP contribution >= 0.6 is 0 Å². The molecular weight excluding hydrogens is 514 g/mol. The van der Waals surface area contributed by atoms with Gasteiger partial charge in [0.05, 0.1) is 22.5 Å². The van der Waals surface area contributed by atoms with Crippen LogP contribution in [0, 0.1) is 17.1 Å². The third-order valence-electron chi connectivity index (χ3n) is 5.94. The summed E-state index contributed by atoms with van der Waals surface area (Å²) in [5, 5.41) is 9.97. The second-order valence-electron chi connectivity index (χ2n) is 8.23. The highest BCUT2D eigenvalue weighted by atomic mass is 32.2. The van der Waals surface area contributed by atoms with Crippen molar-refractivity contribution >= 4 is 20.9 Å². The number of aromatic nitrogens is 2. The maximum absolute atomic E-state index is 14.5. The number of nitriles is 1. The molecule has 0 bridgehead atoms. The lowest BCUT2D eigenvalue weighted by atomic mass is 9.92. The van der Waals surface area contributed by atoms with Crippen molar-refractivity contribution in [2.24, 2.45) is 0 Å². The summed E-state index contributed by atoms with van der Waals surface area (Å²) >= 11 is 0. The number of alkyl halides is 5. The molecular formula is C22H18F6N4O3S. The second-order valence-corrected chi connectivity index (χ2v) is 9.95. The lowest BCUT2D eigenvalue weighted by Gasteiger charge is -2.30. The number of fused-ring (bicyclic) bond motifs is 1. The number of sulfonamides is 1. The van der Waals surface area contributed by atoms with Crippen molar-refractivity contribution < 1.29 is 39.5 Å². The van der Waals surface area contributed by atoms with Crippen LogP contribution in [0.2, 0.25) is 0 Å². The molecule has 1 aliphatic rings. The summed E-state index contributed by atoms with van der Waals surface area (Å²) < 4.78 is 111. The number of nitrogens with one attached hydrogen (secondary N) is 1. The van der Waals surface area contributed by atoms with Crippen LogP contribution in [0.15, 0.2) is 35.4 Å². The Bertz CT molecular complexity index is 1440. The van der Waals surface area contributed by atoms with Crippen molar-refractivity contribution in [1.29, 1.82) is 5.26 Å². The molecule has 0 radical (unpaired) electrons. The highest BCUT2D eigenvalue weighted by Crippen LogP contribution is 2.43. The second kappa shape index (κ2) is 9.29. The molecule has 0 amide bonds. The normalized spacial score (nSPS) is 15.6. The van der Waals surface area contributed by atoms with E-state index in [-0.39, 0.29) is 33.9 Å². The van der Waals surface area contributed by atoms with E-state index in [4.69, 9.17) is 0 Å². The average Bonchev–Trinajstić information content (AvgIpc) is 3.04. The van der Waals surface area contributed by atoms with Gasteiger partial charge in [0, 0.05) is 23.7 Å². The van der Waals surface area contributed by atoms with Crippen LogP contribution in [-0.2, 0) is 10.0 Å². The fourth-order valence-electron chi connectivity index (χ4n) is 3.93. The van der Waals surface area contributed by atoms with Gasteiger partial charge in [-0.25, -0.2) is 12.8 Å². The van der Waals surface area contributed by atoms with E-state index < -0.39 is 45.3 Å². The standard InChI is InChI=1S/C22H18F6N4O3S/c1-11(22(26,27)28)31-36(33,34)13-5-6-17(30-10-13)20-15(9-29)14-7-16(23)19(35-21(24)25)8-18(14)32(20)12-3-2-4-12/h5-8,10-12,21,31H,2-4H2,1H3/t11-/m1/s1. The largest absolute Gasteiger partial charge is 0.432 e. The summed E-state index contributed by atoms with van der Waals surface area (Å²) in [4.78, 5) is 3.53.